The monoisotopic (exact) mass is 274 g/mol. The van der Waals surface area contributed by atoms with Crippen LogP contribution in [0.2, 0.25) is 0 Å². The third-order valence-corrected chi connectivity index (χ3v) is 3.32. The maximum atomic E-state index is 12.1. The zero-order valence-electron chi connectivity index (χ0n) is 10.7. The highest BCUT2D eigenvalue weighted by Gasteiger charge is 2.31. The first-order valence-corrected chi connectivity index (χ1v) is 6.23. The number of alkyl halides is 3. The topological polar surface area (TPSA) is 38.5 Å². The van der Waals surface area contributed by atoms with Gasteiger partial charge in [0, 0.05) is 24.3 Å². The Bertz CT molecular complexity index is 419. The fourth-order valence-electron chi connectivity index (χ4n) is 2.43. The maximum absolute atomic E-state index is 12.1. The van der Waals surface area contributed by atoms with E-state index >= 15 is 0 Å². The second-order valence-electron chi connectivity index (χ2n) is 4.87. The molecule has 0 amide bonds. The van der Waals surface area contributed by atoms with Crippen molar-refractivity contribution in [2.24, 2.45) is 5.73 Å². The summed E-state index contributed by atoms with van der Waals surface area (Å²) in [4.78, 5) is 2.15. The van der Waals surface area contributed by atoms with Crippen molar-refractivity contribution in [3.63, 3.8) is 0 Å². The quantitative estimate of drug-likeness (QED) is 0.901. The van der Waals surface area contributed by atoms with Crippen LogP contribution in [0.15, 0.2) is 24.3 Å². The van der Waals surface area contributed by atoms with E-state index in [4.69, 9.17) is 5.73 Å². The van der Waals surface area contributed by atoms with Gasteiger partial charge in [-0.05, 0) is 44.0 Å². The number of hydrogen-bond acceptors (Lipinski definition) is 3. The first-order chi connectivity index (χ1) is 8.85. The normalized spacial score (nSPS) is 24.4. The van der Waals surface area contributed by atoms with Gasteiger partial charge in [-0.15, -0.1) is 13.2 Å². The van der Waals surface area contributed by atoms with E-state index in [0.29, 0.717) is 0 Å². The molecule has 106 valence electrons. The second-order valence-corrected chi connectivity index (χ2v) is 4.87. The van der Waals surface area contributed by atoms with E-state index in [1.807, 2.05) is 0 Å². The SMILES string of the molecule is CC1CC(N)CCN1c1ccc(OC(F)(F)F)cc1. The highest BCUT2D eigenvalue weighted by molar-refractivity contribution is 5.50. The molecular formula is C13H17F3N2O. The summed E-state index contributed by atoms with van der Waals surface area (Å²) in [5.74, 6) is -0.197. The van der Waals surface area contributed by atoms with Gasteiger partial charge >= 0.3 is 6.36 Å². The molecule has 1 aliphatic heterocycles. The zero-order chi connectivity index (χ0) is 14.0. The van der Waals surface area contributed by atoms with Crippen LogP contribution in [0.5, 0.6) is 5.75 Å². The van der Waals surface area contributed by atoms with Gasteiger partial charge in [0.05, 0.1) is 0 Å². The van der Waals surface area contributed by atoms with Crippen molar-refractivity contribution in [3.8, 4) is 5.75 Å². The summed E-state index contributed by atoms with van der Waals surface area (Å²) in [6.07, 6.45) is -2.86. The Morgan fingerprint density at radius 3 is 2.42 bits per heavy atom. The van der Waals surface area contributed by atoms with Crippen LogP contribution in [-0.4, -0.2) is 25.0 Å². The van der Waals surface area contributed by atoms with Crippen molar-refractivity contribution in [1.82, 2.24) is 0 Å². The third kappa shape index (κ3) is 3.76. The number of benzene rings is 1. The molecule has 2 rings (SSSR count). The van der Waals surface area contributed by atoms with Crippen molar-refractivity contribution < 1.29 is 17.9 Å². The molecule has 1 saturated heterocycles. The number of piperidine rings is 1. The van der Waals surface area contributed by atoms with Crippen LogP contribution in [0.4, 0.5) is 18.9 Å². The van der Waals surface area contributed by atoms with E-state index in [1.165, 1.54) is 12.1 Å². The number of rotatable bonds is 2. The van der Waals surface area contributed by atoms with Crippen molar-refractivity contribution in [3.05, 3.63) is 24.3 Å². The Kier molecular flexibility index (Phi) is 3.89. The molecule has 0 bridgehead atoms. The molecule has 0 aliphatic carbocycles. The highest BCUT2D eigenvalue weighted by Crippen LogP contribution is 2.28. The van der Waals surface area contributed by atoms with Gasteiger partial charge in [0.1, 0.15) is 5.75 Å². The number of ether oxygens (including phenoxy) is 1. The fraction of sp³-hybridized carbons (Fsp3) is 0.538. The zero-order valence-corrected chi connectivity index (χ0v) is 10.7. The van der Waals surface area contributed by atoms with E-state index in [-0.39, 0.29) is 17.8 Å². The van der Waals surface area contributed by atoms with Crippen molar-refractivity contribution >= 4 is 5.69 Å². The van der Waals surface area contributed by atoms with Gasteiger partial charge in [-0.2, -0.15) is 0 Å². The summed E-state index contributed by atoms with van der Waals surface area (Å²) in [7, 11) is 0. The van der Waals surface area contributed by atoms with E-state index in [2.05, 4.69) is 16.6 Å². The van der Waals surface area contributed by atoms with Crippen molar-refractivity contribution in [1.29, 1.82) is 0 Å². The largest absolute Gasteiger partial charge is 0.573 e. The average molecular weight is 274 g/mol. The lowest BCUT2D eigenvalue weighted by Gasteiger charge is -2.38. The smallest absolute Gasteiger partial charge is 0.406 e. The predicted molar refractivity (Wildman–Crippen MR) is 67.1 cm³/mol. The van der Waals surface area contributed by atoms with Crippen LogP contribution in [0.25, 0.3) is 0 Å². The lowest BCUT2D eigenvalue weighted by molar-refractivity contribution is -0.274. The highest BCUT2D eigenvalue weighted by atomic mass is 19.4. The summed E-state index contributed by atoms with van der Waals surface area (Å²) >= 11 is 0. The summed E-state index contributed by atoms with van der Waals surface area (Å²) in [6.45, 7) is 2.89. The lowest BCUT2D eigenvalue weighted by Crippen LogP contribution is -2.45. The molecular weight excluding hydrogens is 257 g/mol. The van der Waals surface area contributed by atoms with Crippen LogP contribution in [-0.2, 0) is 0 Å². The van der Waals surface area contributed by atoms with E-state index in [0.717, 1.165) is 25.1 Å². The molecule has 19 heavy (non-hydrogen) atoms. The first-order valence-electron chi connectivity index (χ1n) is 6.23. The summed E-state index contributed by atoms with van der Waals surface area (Å²) in [6, 6.07) is 6.47. The molecule has 0 spiro atoms. The third-order valence-electron chi connectivity index (χ3n) is 3.32. The van der Waals surface area contributed by atoms with Crippen molar-refractivity contribution in [2.45, 2.75) is 38.2 Å². The van der Waals surface area contributed by atoms with Crippen LogP contribution in [0.1, 0.15) is 19.8 Å². The van der Waals surface area contributed by atoms with E-state index < -0.39 is 6.36 Å². The minimum Gasteiger partial charge on any atom is -0.406 e. The molecule has 1 aliphatic rings. The van der Waals surface area contributed by atoms with E-state index in [1.54, 1.807) is 12.1 Å². The summed E-state index contributed by atoms with van der Waals surface area (Å²) < 4.78 is 40.0. The Morgan fingerprint density at radius 1 is 1.26 bits per heavy atom. The number of hydrogen-bond donors (Lipinski definition) is 1. The molecule has 0 radical (unpaired) electrons. The van der Waals surface area contributed by atoms with Crippen molar-refractivity contribution in [2.75, 3.05) is 11.4 Å². The minimum atomic E-state index is -4.65. The average Bonchev–Trinajstić information content (AvgIpc) is 2.28. The van der Waals surface area contributed by atoms with Gasteiger partial charge < -0.3 is 15.4 Å². The van der Waals surface area contributed by atoms with Gasteiger partial charge in [0.2, 0.25) is 0 Å². The molecule has 1 fully saturated rings. The fourth-order valence-corrected chi connectivity index (χ4v) is 2.43. The van der Waals surface area contributed by atoms with Crippen LogP contribution >= 0.6 is 0 Å². The van der Waals surface area contributed by atoms with Crippen LogP contribution < -0.4 is 15.4 Å². The second kappa shape index (κ2) is 5.28. The Hall–Kier alpha value is -1.43. The minimum absolute atomic E-state index is 0.197. The van der Waals surface area contributed by atoms with Gasteiger partial charge in [0.25, 0.3) is 0 Å². The van der Waals surface area contributed by atoms with Gasteiger partial charge in [-0.3, -0.25) is 0 Å². The maximum Gasteiger partial charge on any atom is 0.573 e. The predicted octanol–water partition coefficient (Wildman–Crippen LogP) is 2.90. The summed E-state index contributed by atoms with van der Waals surface area (Å²) in [5.41, 5.74) is 6.78. The number of anilines is 1. The molecule has 0 saturated carbocycles. The Labute approximate surface area is 110 Å². The lowest BCUT2D eigenvalue weighted by atomic mass is 9.98. The molecule has 2 atom stereocenters. The van der Waals surface area contributed by atoms with Gasteiger partial charge in [-0.1, -0.05) is 0 Å². The summed E-state index contributed by atoms with van der Waals surface area (Å²) in [5, 5.41) is 0. The molecule has 2 unspecified atom stereocenters. The van der Waals surface area contributed by atoms with E-state index in [9.17, 15) is 13.2 Å². The molecule has 1 aromatic rings. The van der Waals surface area contributed by atoms with Crippen LogP contribution in [0.3, 0.4) is 0 Å². The molecule has 3 nitrogen and oxygen atoms in total. The molecule has 1 aromatic carbocycles. The number of nitrogens with two attached hydrogens (primary N) is 1. The molecule has 2 N–H and O–H groups in total. The van der Waals surface area contributed by atoms with Gasteiger partial charge in [0.15, 0.2) is 0 Å². The molecule has 6 heteroatoms. The molecule has 0 aromatic heterocycles. The standard InChI is InChI=1S/C13H17F3N2O/c1-9-8-10(17)6-7-18(9)11-2-4-12(5-3-11)19-13(14,15)16/h2-5,9-10H,6-8,17H2,1H3. The van der Waals surface area contributed by atoms with Gasteiger partial charge in [-0.25, -0.2) is 0 Å². The number of halogens is 3. The van der Waals surface area contributed by atoms with Crippen LogP contribution in [0, 0.1) is 0 Å². The Balaban J connectivity index is 2.06. The first kappa shape index (κ1) is 14.0. The number of nitrogens with zero attached hydrogens (tertiary/aromatic N) is 1. The molecule has 1 heterocycles. The Morgan fingerprint density at radius 2 is 1.89 bits per heavy atom.